The van der Waals surface area contributed by atoms with Crippen LogP contribution in [0.25, 0.3) is 0 Å². The number of amides is 2. The van der Waals surface area contributed by atoms with Crippen molar-refractivity contribution >= 4 is 40.7 Å². The van der Waals surface area contributed by atoms with Crippen LogP contribution in [0, 0.1) is 12.8 Å². The highest BCUT2D eigenvalue weighted by Crippen LogP contribution is 2.21. The normalized spacial score (nSPS) is 11.9. The maximum absolute atomic E-state index is 12.7. The molecule has 25 heavy (non-hydrogen) atoms. The van der Waals surface area contributed by atoms with Crippen molar-refractivity contribution in [1.29, 1.82) is 0 Å². The molecule has 1 atom stereocenters. The van der Waals surface area contributed by atoms with E-state index >= 15 is 0 Å². The summed E-state index contributed by atoms with van der Waals surface area (Å²) in [5.41, 5.74) is 1.84. The van der Waals surface area contributed by atoms with E-state index in [4.69, 9.17) is 23.2 Å². The maximum atomic E-state index is 12.7. The molecule has 0 aromatic heterocycles. The minimum atomic E-state index is -0.706. The van der Waals surface area contributed by atoms with Crippen LogP contribution in [0.5, 0.6) is 0 Å². The molecule has 2 aromatic rings. The Labute approximate surface area is 157 Å². The summed E-state index contributed by atoms with van der Waals surface area (Å²) in [6.45, 7) is 5.60. The van der Waals surface area contributed by atoms with E-state index in [9.17, 15) is 9.59 Å². The highest BCUT2D eigenvalue weighted by Gasteiger charge is 2.25. The lowest BCUT2D eigenvalue weighted by Gasteiger charge is -2.22. The number of hydrogen-bond donors (Lipinski definition) is 2. The number of carbonyl (C=O) groups is 2. The summed E-state index contributed by atoms with van der Waals surface area (Å²) in [4.78, 5) is 25.1. The lowest BCUT2D eigenvalue weighted by atomic mass is 10.0. The fourth-order valence-electron chi connectivity index (χ4n) is 2.34. The van der Waals surface area contributed by atoms with Gasteiger partial charge in [-0.15, -0.1) is 0 Å². The van der Waals surface area contributed by atoms with Crippen LogP contribution in [0.4, 0.5) is 5.69 Å². The van der Waals surface area contributed by atoms with E-state index in [2.05, 4.69) is 10.6 Å². The second-order valence-corrected chi connectivity index (χ2v) is 6.97. The topological polar surface area (TPSA) is 58.2 Å². The third-order valence-electron chi connectivity index (χ3n) is 3.81. The molecular weight excluding hydrogens is 359 g/mol. The lowest BCUT2D eigenvalue weighted by Crippen LogP contribution is -2.47. The zero-order valence-corrected chi connectivity index (χ0v) is 15.8. The van der Waals surface area contributed by atoms with Gasteiger partial charge in [-0.1, -0.05) is 55.2 Å². The van der Waals surface area contributed by atoms with E-state index in [1.807, 2.05) is 26.8 Å². The molecule has 2 aromatic carbocycles. The monoisotopic (exact) mass is 378 g/mol. The Kier molecular flexibility index (Phi) is 6.45. The Morgan fingerprint density at radius 1 is 1.04 bits per heavy atom. The number of aryl methyl sites for hydroxylation is 1. The molecule has 0 bridgehead atoms. The van der Waals surface area contributed by atoms with Gasteiger partial charge in [0.2, 0.25) is 5.91 Å². The van der Waals surface area contributed by atoms with Crippen LogP contribution in [0.3, 0.4) is 0 Å². The Hall–Kier alpha value is -2.04. The molecule has 0 aliphatic rings. The number of anilines is 1. The van der Waals surface area contributed by atoms with Crippen molar-refractivity contribution in [2.75, 3.05) is 5.32 Å². The molecule has 0 spiro atoms. The van der Waals surface area contributed by atoms with Gasteiger partial charge in [-0.3, -0.25) is 9.59 Å². The van der Waals surface area contributed by atoms with Crippen molar-refractivity contribution in [3.8, 4) is 0 Å². The number of hydrogen-bond acceptors (Lipinski definition) is 2. The standard InChI is InChI=1S/C19H20Cl2N2O2/c1-11(2)17(23-18(24)14-6-4-5-7-15(14)21)19(25)22-16-10-13(20)9-8-12(16)3/h4-11,17H,1-3H3,(H,22,25)(H,23,24). The minimum Gasteiger partial charge on any atom is -0.340 e. The van der Waals surface area contributed by atoms with Gasteiger partial charge in [0, 0.05) is 10.7 Å². The van der Waals surface area contributed by atoms with Gasteiger partial charge < -0.3 is 10.6 Å². The Balaban J connectivity index is 2.17. The van der Waals surface area contributed by atoms with E-state index in [-0.39, 0.29) is 17.7 Å². The third-order valence-corrected chi connectivity index (χ3v) is 4.38. The van der Waals surface area contributed by atoms with Crippen LogP contribution < -0.4 is 10.6 Å². The van der Waals surface area contributed by atoms with Crippen molar-refractivity contribution < 1.29 is 9.59 Å². The molecule has 2 N–H and O–H groups in total. The molecule has 0 radical (unpaired) electrons. The molecule has 0 fully saturated rings. The molecule has 0 aliphatic heterocycles. The van der Waals surface area contributed by atoms with E-state index in [1.54, 1.807) is 36.4 Å². The Morgan fingerprint density at radius 2 is 1.72 bits per heavy atom. The molecule has 0 aliphatic carbocycles. The number of benzene rings is 2. The van der Waals surface area contributed by atoms with Crippen LogP contribution in [0.15, 0.2) is 42.5 Å². The summed E-state index contributed by atoms with van der Waals surface area (Å²) >= 11 is 12.0. The molecule has 0 saturated heterocycles. The van der Waals surface area contributed by atoms with Crippen molar-refractivity contribution in [3.63, 3.8) is 0 Å². The van der Waals surface area contributed by atoms with Crippen molar-refractivity contribution in [3.05, 3.63) is 63.6 Å². The van der Waals surface area contributed by atoms with E-state index in [1.165, 1.54) is 0 Å². The summed E-state index contributed by atoms with van der Waals surface area (Å²) < 4.78 is 0. The van der Waals surface area contributed by atoms with E-state index in [0.29, 0.717) is 21.3 Å². The second-order valence-electron chi connectivity index (χ2n) is 6.12. The molecule has 132 valence electrons. The molecule has 2 amide bonds. The average Bonchev–Trinajstić information content (AvgIpc) is 2.55. The van der Waals surface area contributed by atoms with Gasteiger partial charge >= 0.3 is 0 Å². The Morgan fingerprint density at radius 3 is 2.36 bits per heavy atom. The SMILES string of the molecule is Cc1ccc(Cl)cc1NC(=O)C(NC(=O)c1ccccc1Cl)C(C)C. The number of rotatable bonds is 5. The van der Waals surface area contributed by atoms with Crippen LogP contribution in [-0.4, -0.2) is 17.9 Å². The van der Waals surface area contributed by atoms with Crippen molar-refractivity contribution in [1.82, 2.24) is 5.32 Å². The highest BCUT2D eigenvalue weighted by molar-refractivity contribution is 6.34. The maximum Gasteiger partial charge on any atom is 0.253 e. The van der Waals surface area contributed by atoms with Gasteiger partial charge in [0.25, 0.3) is 5.91 Å². The molecule has 0 saturated carbocycles. The fraction of sp³-hybridized carbons (Fsp3) is 0.263. The van der Waals surface area contributed by atoms with Crippen LogP contribution in [0.1, 0.15) is 29.8 Å². The Bertz CT molecular complexity index is 791. The first kappa shape index (κ1) is 19.3. The van der Waals surface area contributed by atoms with Gasteiger partial charge in [-0.25, -0.2) is 0 Å². The predicted molar refractivity (Wildman–Crippen MR) is 102 cm³/mol. The third kappa shape index (κ3) is 4.97. The van der Waals surface area contributed by atoms with E-state index in [0.717, 1.165) is 5.56 Å². The molecule has 6 heteroatoms. The first-order valence-corrected chi connectivity index (χ1v) is 8.67. The minimum absolute atomic E-state index is 0.106. The van der Waals surface area contributed by atoms with Crippen molar-refractivity contribution in [2.45, 2.75) is 26.8 Å². The fourth-order valence-corrected chi connectivity index (χ4v) is 2.73. The van der Waals surface area contributed by atoms with Gasteiger partial charge in [0.1, 0.15) is 6.04 Å². The highest BCUT2D eigenvalue weighted by atomic mass is 35.5. The van der Waals surface area contributed by atoms with Crippen molar-refractivity contribution in [2.24, 2.45) is 5.92 Å². The van der Waals surface area contributed by atoms with Crippen LogP contribution >= 0.6 is 23.2 Å². The van der Waals surface area contributed by atoms with Gasteiger partial charge in [0.05, 0.1) is 10.6 Å². The number of carbonyl (C=O) groups excluding carboxylic acids is 2. The van der Waals surface area contributed by atoms with Gasteiger partial charge in [-0.2, -0.15) is 0 Å². The average molecular weight is 379 g/mol. The molecule has 1 unspecified atom stereocenters. The molecule has 2 rings (SSSR count). The smallest absolute Gasteiger partial charge is 0.253 e. The van der Waals surface area contributed by atoms with E-state index < -0.39 is 6.04 Å². The molecule has 4 nitrogen and oxygen atoms in total. The summed E-state index contributed by atoms with van der Waals surface area (Å²) in [7, 11) is 0. The predicted octanol–water partition coefficient (Wildman–Crippen LogP) is 4.69. The summed E-state index contributed by atoms with van der Waals surface area (Å²) in [5, 5.41) is 6.46. The molecular formula is C19H20Cl2N2O2. The number of halogens is 2. The summed E-state index contributed by atoms with van der Waals surface area (Å²) in [6.07, 6.45) is 0. The summed E-state index contributed by atoms with van der Waals surface area (Å²) in [5.74, 6) is -0.797. The first-order chi connectivity index (χ1) is 11.8. The van der Waals surface area contributed by atoms with Gasteiger partial charge in [-0.05, 0) is 42.7 Å². The first-order valence-electron chi connectivity index (χ1n) is 7.92. The van der Waals surface area contributed by atoms with Crippen LogP contribution in [-0.2, 0) is 4.79 Å². The summed E-state index contributed by atoms with van der Waals surface area (Å²) in [6, 6.07) is 11.3. The number of nitrogens with one attached hydrogen (secondary N) is 2. The molecule has 0 heterocycles. The van der Waals surface area contributed by atoms with Gasteiger partial charge in [0.15, 0.2) is 0 Å². The largest absolute Gasteiger partial charge is 0.340 e. The zero-order valence-electron chi connectivity index (χ0n) is 14.3. The van der Waals surface area contributed by atoms with Crippen LogP contribution in [0.2, 0.25) is 10.0 Å². The quantitative estimate of drug-likeness (QED) is 0.792. The lowest BCUT2D eigenvalue weighted by molar-refractivity contribution is -0.118. The zero-order chi connectivity index (χ0) is 18.6. The second kappa shape index (κ2) is 8.37.